The lowest BCUT2D eigenvalue weighted by molar-refractivity contribution is -0.409. The molecule has 0 aromatic rings. The summed E-state index contributed by atoms with van der Waals surface area (Å²) in [6, 6.07) is 0. The van der Waals surface area contributed by atoms with E-state index in [0.29, 0.717) is 103 Å². The van der Waals surface area contributed by atoms with Gasteiger partial charge in [-0.25, -0.2) is 0 Å². The molecule has 0 aliphatic carbocycles. The van der Waals surface area contributed by atoms with Crippen LogP contribution in [0.15, 0.2) is 24.3 Å². The van der Waals surface area contributed by atoms with E-state index >= 15 is 0 Å². The van der Waals surface area contributed by atoms with E-state index in [4.69, 9.17) is 47.4 Å². The highest BCUT2D eigenvalue weighted by Gasteiger charge is 2.66. The second-order valence-corrected chi connectivity index (χ2v) is 37.0. The molecule has 22 heteroatoms. The Kier molecular flexibility index (Phi) is 28.5. The fourth-order valence-corrected chi connectivity index (χ4v) is 21.9. The van der Waals surface area contributed by atoms with Gasteiger partial charge in [0.1, 0.15) is 23.8 Å². The van der Waals surface area contributed by atoms with E-state index in [1.54, 1.807) is 38.2 Å². The van der Waals surface area contributed by atoms with Crippen LogP contribution in [-0.4, -0.2) is 195 Å². The van der Waals surface area contributed by atoms with Crippen LogP contribution in [0.4, 0.5) is 0 Å². The average Bonchev–Trinajstić information content (AvgIpc) is 1.62. The van der Waals surface area contributed by atoms with Crippen LogP contribution in [0.3, 0.4) is 0 Å². The molecular formula is C86H144O22. The molecule has 10 rings (SSSR count). The highest BCUT2D eigenvalue weighted by molar-refractivity contribution is 5.85. The number of carbonyl (C=O) groups excluding carboxylic acids is 2. The van der Waals surface area contributed by atoms with Gasteiger partial charge in [0.25, 0.3) is 0 Å². The largest absolute Gasteiger partial charge is 0.481 e. The Balaban J connectivity index is 0.000000249. The lowest BCUT2D eigenvalue weighted by Gasteiger charge is -2.54. The summed E-state index contributed by atoms with van der Waals surface area (Å²) < 4.78 is 67.2. The molecule has 0 aromatic heterocycles. The summed E-state index contributed by atoms with van der Waals surface area (Å²) in [5.41, 5.74) is -3.27. The second-order valence-electron chi connectivity index (χ2n) is 37.0. The first kappa shape index (κ1) is 89.1. The van der Waals surface area contributed by atoms with Crippen molar-refractivity contribution in [3.63, 3.8) is 0 Å². The fraction of sp³-hybridized carbons (Fsp3) is 0.907. The Labute approximate surface area is 645 Å². The van der Waals surface area contributed by atoms with Crippen molar-refractivity contribution in [1.82, 2.24) is 0 Å². The number of hydrogen-bond donors (Lipinski definition) is 8. The van der Waals surface area contributed by atoms with Gasteiger partial charge in [-0.05, 0) is 190 Å². The van der Waals surface area contributed by atoms with Crippen molar-refractivity contribution in [2.24, 2.45) is 94.7 Å². The first-order valence-electron chi connectivity index (χ1n) is 42.3. The quantitative estimate of drug-likeness (QED) is 0.0416. The summed E-state index contributed by atoms with van der Waals surface area (Å²) in [5.74, 6) is -11.6. The van der Waals surface area contributed by atoms with Gasteiger partial charge < -0.3 is 88.2 Å². The van der Waals surface area contributed by atoms with Crippen LogP contribution in [0.1, 0.15) is 268 Å². The number of ether oxygens (including phenoxy) is 10. The molecule has 0 bridgehead atoms. The molecule has 10 aliphatic heterocycles. The molecule has 0 unspecified atom stereocenters. The van der Waals surface area contributed by atoms with Crippen molar-refractivity contribution < 1.29 is 107 Å². The topological polar surface area (TPSA) is 322 Å². The maximum atomic E-state index is 14.5. The molecule has 0 amide bonds. The molecule has 38 atom stereocenters. The molecule has 8 N–H and O–H groups in total. The maximum Gasteiger partial charge on any atom is 0.309 e. The molecule has 0 aromatic carbocycles. The highest BCUT2D eigenvalue weighted by Crippen LogP contribution is 2.57. The van der Waals surface area contributed by atoms with Gasteiger partial charge in [-0.1, -0.05) is 125 Å². The number of Topliss-reactive ketones (excluding diaryl/α,β-unsaturated/α-hetero) is 2. The first-order chi connectivity index (χ1) is 50.4. The third kappa shape index (κ3) is 17.1. The zero-order valence-electron chi connectivity index (χ0n) is 69.7. The van der Waals surface area contributed by atoms with Gasteiger partial charge in [-0.3, -0.25) is 19.2 Å². The minimum atomic E-state index is -1.37. The number of rotatable bonds is 24. The van der Waals surface area contributed by atoms with Crippen LogP contribution in [0, 0.1) is 94.7 Å². The monoisotopic (exact) mass is 1530 g/mol. The smallest absolute Gasteiger partial charge is 0.309 e. The average molecular weight is 1530 g/mol. The Bertz CT molecular complexity index is 2910. The Hall–Kier alpha value is -2.88. The third-order valence-electron chi connectivity index (χ3n) is 29.5. The third-order valence-corrected chi connectivity index (χ3v) is 29.5. The number of aliphatic hydroxyl groups is 6. The number of ketones is 2. The molecule has 0 saturated carbocycles. The summed E-state index contributed by atoms with van der Waals surface area (Å²) in [6.07, 6.45) is 9.50. The number of aliphatic carboxylic acids is 2. The zero-order chi connectivity index (χ0) is 80.3. The van der Waals surface area contributed by atoms with E-state index in [9.17, 15) is 60.0 Å². The van der Waals surface area contributed by atoms with Gasteiger partial charge in [0.05, 0.1) is 107 Å². The highest BCUT2D eigenvalue weighted by atomic mass is 16.8. The molecule has 8 fully saturated rings. The van der Waals surface area contributed by atoms with Gasteiger partial charge in [-0.15, -0.1) is 0 Å². The van der Waals surface area contributed by atoms with Crippen LogP contribution < -0.4 is 0 Å². The second kappa shape index (κ2) is 34.5. The summed E-state index contributed by atoms with van der Waals surface area (Å²) in [5, 5.41) is 88.3. The number of carbonyl (C=O) groups is 4. The summed E-state index contributed by atoms with van der Waals surface area (Å²) in [4.78, 5) is 53.1. The molecule has 4 spiro atoms. The lowest BCUT2D eigenvalue weighted by Crippen LogP contribution is -2.63. The zero-order valence-corrected chi connectivity index (χ0v) is 69.7. The van der Waals surface area contributed by atoms with Gasteiger partial charge in [0, 0.05) is 60.2 Å². The van der Waals surface area contributed by atoms with E-state index < -0.39 is 154 Å². The molecule has 10 aliphatic rings. The Morgan fingerprint density at radius 2 is 0.741 bits per heavy atom. The molecule has 8 saturated heterocycles. The van der Waals surface area contributed by atoms with Gasteiger partial charge >= 0.3 is 11.9 Å². The summed E-state index contributed by atoms with van der Waals surface area (Å²) in [6.45, 7) is 43.3. The van der Waals surface area contributed by atoms with Crippen LogP contribution in [0.2, 0.25) is 0 Å². The Morgan fingerprint density at radius 3 is 1.04 bits per heavy atom. The van der Waals surface area contributed by atoms with Crippen molar-refractivity contribution in [2.75, 3.05) is 0 Å². The molecular weight excluding hydrogens is 1380 g/mol. The summed E-state index contributed by atoms with van der Waals surface area (Å²) in [7, 11) is 0. The Morgan fingerprint density at radius 1 is 0.426 bits per heavy atom. The first-order valence-corrected chi connectivity index (χ1v) is 42.3. The van der Waals surface area contributed by atoms with E-state index in [1.165, 1.54) is 0 Å². The van der Waals surface area contributed by atoms with Crippen molar-refractivity contribution in [3.05, 3.63) is 24.3 Å². The minimum Gasteiger partial charge on any atom is -0.481 e. The van der Waals surface area contributed by atoms with Crippen molar-refractivity contribution in [1.29, 1.82) is 0 Å². The van der Waals surface area contributed by atoms with Crippen LogP contribution >= 0.6 is 0 Å². The van der Waals surface area contributed by atoms with Gasteiger partial charge in [-0.2, -0.15) is 0 Å². The van der Waals surface area contributed by atoms with Crippen molar-refractivity contribution >= 4 is 23.5 Å². The normalized spacial score (nSPS) is 46.9. The molecule has 22 nitrogen and oxygen atoms in total. The molecule has 10 heterocycles. The van der Waals surface area contributed by atoms with Gasteiger partial charge in [0.2, 0.25) is 11.6 Å². The predicted octanol–water partition coefficient (Wildman–Crippen LogP) is 12.9. The number of carboxylic acid groups (broad SMARTS) is 2. The standard InChI is InChI=1S/2C43H72O11/c2*1-12-30(35(46)27(8)34(45)28(9)36-23(4)21-24(5)37(51-36)31(13-2)39(47)48)38-25(6)22-26(7)42(52-38)18-15-32(44)43(54-42)20-19-40(11,53-43)33-16-17-41(49,14-3)29(10)50-33/h2*15,18,23-34,36-38,44-45,49H,12-14,16-17,19-22H2,1-11H3,(H,47,48)/t2*23-,24-,25-,26+,27-,28-,29-,30-,31+,32+,33+,34+,36+,37+,38-,40-,41+,42-,43-/m00/s1. The van der Waals surface area contributed by atoms with Gasteiger partial charge in [0.15, 0.2) is 11.6 Å². The van der Waals surface area contributed by atoms with Crippen molar-refractivity contribution in [3.8, 4) is 0 Å². The number of aliphatic hydroxyl groups excluding tert-OH is 4. The molecule has 0 radical (unpaired) electrons. The fourth-order valence-electron chi connectivity index (χ4n) is 21.9. The maximum absolute atomic E-state index is 14.5. The number of hydrogen-bond acceptors (Lipinski definition) is 20. The van der Waals surface area contributed by atoms with Crippen molar-refractivity contribution in [2.45, 2.75) is 399 Å². The van der Waals surface area contributed by atoms with E-state index in [0.717, 1.165) is 12.8 Å². The lowest BCUT2D eigenvalue weighted by atomic mass is 9.72. The van der Waals surface area contributed by atoms with E-state index in [1.807, 2.05) is 96.9 Å². The molecule has 620 valence electrons. The SMILES string of the molecule is CC[C@@H](C(=O)O)[C@@H]1O[C@@H]([C@@H](C)[C@H](O)[C@H](C)C(=O)[C@H](CC)[C@H]2O[C@]3(C=C[C@@H](O)[C@]4(CC[C@@](C)([C@H]5CC[C@](O)(CC)[C@H](C)O5)O4)O3)[C@H](C)C[C@@H]2C)[C@@H](C)C[C@@H]1C.CC[C@@H](C(=O)O)[C@@H]1O[C@@H]([C@@H](C)[C@H](O)[C@H](C)C(=O)[C@H](CC)[C@H]2O[C@]3(C=C[C@@H](O)[C@]4(CC[C@@](C)([C@H]5CC[C@](O)(CC)[C@H](C)O5)O4)O3)[C@H](C)C[C@@H]2C)[C@@H](C)C[C@@H]1C. The summed E-state index contributed by atoms with van der Waals surface area (Å²) >= 11 is 0. The number of carboxylic acids is 2. The molecule has 108 heavy (non-hydrogen) atoms. The van der Waals surface area contributed by atoms with E-state index in [-0.39, 0.29) is 95.5 Å². The van der Waals surface area contributed by atoms with Crippen LogP contribution in [0.5, 0.6) is 0 Å². The predicted molar refractivity (Wildman–Crippen MR) is 406 cm³/mol. The minimum absolute atomic E-state index is 0.0104. The van der Waals surface area contributed by atoms with Crippen LogP contribution in [-0.2, 0) is 66.5 Å². The van der Waals surface area contributed by atoms with E-state index in [2.05, 4.69) is 41.5 Å². The van der Waals surface area contributed by atoms with Crippen LogP contribution in [0.25, 0.3) is 0 Å².